The zero-order valence-corrected chi connectivity index (χ0v) is 15.0. The Balaban J connectivity index is 1.74. The molecule has 26 heavy (non-hydrogen) atoms. The molecule has 0 aliphatic carbocycles. The summed E-state index contributed by atoms with van der Waals surface area (Å²) < 4.78 is 10.4. The standard InChI is InChI=1S/C19H16N2O4S/c1-12-16(18(23)24-2)26-19(20-12)21-17(22)13-7-6-10-15(11-13)25-14-8-4-3-5-9-14/h3-11H,1-2H3,(H,20,21,22). The molecular weight excluding hydrogens is 352 g/mol. The zero-order chi connectivity index (χ0) is 18.5. The first-order valence-corrected chi connectivity index (χ1v) is 8.58. The summed E-state index contributed by atoms with van der Waals surface area (Å²) in [5.41, 5.74) is 0.934. The van der Waals surface area contributed by atoms with Gasteiger partial charge in [-0.2, -0.15) is 0 Å². The lowest BCUT2D eigenvalue weighted by Gasteiger charge is -2.07. The van der Waals surface area contributed by atoms with Crippen molar-refractivity contribution in [1.82, 2.24) is 4.98 Å². The second-order valence-corrected chi connectivity index (χ2v) is 6.32. The predicted octanol–water partition coefficient (Wildman–Crippen LogP) is 4.28. The Labute approximate surface area is 154 Å². The molecule has 0 saturated heterocycles. The van der Waals surface area contributed by atoms with Crippen molar-refractivity contribution in [3.8, 4) is 11.5 Å². The number of nitrogens with zero attached hydrogens (tertiary/aromatic N) is 1. The van der Waals surface area contributed by atoms with Crippen LogP contribution in [0.15, 0.2) is 54.6 Å². The number of ether oxygens (including phenoxy) is 2. The van der Waals surface area contributed by atoms with E-state index in [2.05, 4.69) is 10.3 Å². The fourth-order valence-corrected chi connectivity index (χ4v) is 3.11. The molecular formula is C19H16N2O4S. The lowest BCUT2D eigenvalue weighted by molar-refractivity contribution is 0.0605. The predicted molar refractivity (Wildman–Crippen MR) is 99.1 cm³/mol. The lowest BCUT2D eigenvalue weighted by Crippen LogP contribution is -2.11. The molecule has 1 heterocycles. The maximum atomic E-state index is 12.5. The summed E-state index contributed by atoms with van der Waals surface area (Å²) in [7, 11) is 1.30. The number of hydrogen-bond acceptors (Lipinski definition) is 6. The topological polar surface area (TPSA) is 77.5 Å². The molecule has 0 unspecified atom stereocenters. The van der Waals surface area contributed by atoms with Crippen molar-refractivity contribution in [2.24, 2.45) is 0 Å². The molecule has 132 valence electrons. The lowest BCUT2D eigenvalue weighted by atomic mass is 10.2. The molecule has 6 nitrogen and oxygen atoms in total. The van der Waals surface area contributed by atoms with E-state index in [0.29, 0.717) is 32.8 Å². The first kappa shape index (κ1) is 17.6. The first-order chi connectivity index (χ1) is 12.6. The number of nitrogens with one attached hydrogen (secondary N) is 1. The van der Waals surface area contributed by atoms with Crippen molar-refractivity contribution >= 4 is 28.3 Å². The van der Waals surface area contributed by atoms with Crippen LogP contribution in [0, 0.1) is 6.92 Å². The number of esters is 1. The number of hydrogen-bond donors (Lipinski definition) is 1. The van der Waals surface area contributed by atoms with E-state index in [9.17, 15) is 9.59 Å². The Bertz CT molecular complexity index is 938. The number of carbonyl (C=O) groups excluding carboxylic acids is 2. The summed E-state index contributed by atoms with van der Waals surface area (Å²) in [4.78, 5) is 28.7. The van der Waals surface area contributed by atoms with Gasteiger partial charge in [0.15, 0.2) is 5.13 Å². The Hall–Kier alpha value is -3.19. The minimum Gasteiger partial charge on any atom is -0.465 e. The fraction of sp³-hybridized carbons (Fsp3) is 0.105. The van der Waals surface area contributed by atoms with E-state index in [4.69, 9.17) is 9.47 Å². The van der Waals surface area contributed by atoms with E-state index in [0.717, 1.165) is 11.3 Å². The summed E-state index contributed by atoms with van der Waals surface area (Å²) in [5.74, 6) is 0.421. The highest BCUT2D eigenvalue weighted by molar-refractivity contribution is 7.17. The van der Waals surface area contributed by atoms with E-state index < -0.39 is 5.97 Å². The molecule has 0 radical (unpaired) electrons. The Kier molecular flexibility index (Phi) is 5.28. The number of benzene rings is 2. The van der Waals surface area contributed by atoms with Crippen LogP contribution in [-0.4, -0.2) is 24.0 Å². The van der Waals surface area contributed by atoms with Crippen LogP contribution >= 0.6 is 11.3 Å². The fourth-order valence-electron chi connectivity index (χ4n) is 2.23. The minimum atomic E-state index is -0.473. The third-order valence-corrected chi connectivity index (χ3v) is 4.52. The van der Waals surface area contributed by atoms with Gasteiger partial charge < -0.3 is 9.47 Å². The van der Waals surface area contributed by atoms with Gasteiger partial charge in [0.05, 0.1) is 12.8 Å². The van der Waals surface area contributed by atoms with E-state index >= 15 is 0 Å². The molecule has 0 spiro atoms. The van der Waals surface area contributed by atoms with Crippen LogP contribution in [0.25, 0.3) is 0 Å². The largest absolute Gasteiger partial charge is 0.465 e. The highest BCUT2D eigenvalue weighted by atomic mass is 32.1. The van der Waals surface area contributed by atoms with E-state index in [1.54, 1.807) is 31.2 Å². The van der Waals surface area contributed by atoms with Crippen molar-refractivity contribution in [3.05, 3.63) is 70.7 Å². The average Bonchev–Trinajstić information content (AvgIpc) is 3.02. The van der Waals surface area contributed by atoms with Crippen LogP contribution in [0.1, 0.15) is 25.7 Å². The van der Waals surface area contributed by atoms with Crippen LogP contribution in [0.2, 0.25) is 0 Å². The van der Waals surface area contributed by atoms with Gasteiger partial charge in [-0.3, -0.25) is 10.1 Å². The second-order valence-electron chi connectivity index (χ2n) is 5.32. The van der Waals surface area contributed by atoms with Crippen LogP contribution in [0.5, 0.6) is 11.5 Å². The highest BCUT2D eigenvalue weighted by Crippen LogP contribution is 2.25. The van der Waals surface area contributed by atoms with Crippen molar-refractivity contribution in [2.75, 3.05) is 12.4 Å². The average molecular weight is 368 g/mol. The SMILES string of the molecule is COC(=O)c1sc(NC(=O)c2cccc(Oc3ccccc3)c2)nc1C. The number of aromatic nitrogens is 1. The van der Waals surface area contributed by atoms with Crippen LogP contribution in [0.3, 0.4) is 0 Å². The van der Waals surface area contributed by atoms with Gasteiger partial charge in [-0.05, 0) is 37.3 Å². The quantitative estimate of drug-likeness (QED) is 0.680. The van der Waals surface area contributed by atoms with Gasteiger partial charge in [0.25, 0.3) is 5.91 Å². The van der Waals surface area contributed by atoms with Gasteiger partial charge in [0.1, 0.15) is 16.4 Å². The van der Waals surface area contributed by atoms with Crippen molar-refractivity contribution in [1.29, 1.82) is 0 Å². The first-order valence-electron chi connectivity index (χ1n) is 7.77. The smallest absolute Gasteiger partial charge is 0.350 e. The Morgan fingerprint density at radius 1 is 1.04 bits per heavy atom. The molecule has 2 aromatic carbocycles. The molecule has 0 aliphatic rings. The number of methoxy groups -OCH3 is 1. The molecule has 3 rings (SSSR count). The van der Waals surface area contributed by atoms with Gasteiger partial charge >= 0.3 is 5.97 Å². The maximum absolute atomic E-state index is 12.5. The molecule has 1 amide bonds. The van der Waals surface area contributed by atoms with Crippen LogP contribution in [-0.2, 0) is 4.74 Å². The molecule has 7 heteroatoms. The number of anilines is 1. The highest BCUT2D eigenvalue weighted by Gasteiger charge is 2.17. The molecule has 3 aromatic rings. The van der Waals surface area contributed by atoms with Crippen LogP contribution in [0.4, 0.5) is 5.13 Å². The summed E-state index contributed by atoms with van der Waals surface area (Å²) in [6.45, 7) is 1.69. The van der Waals surface area contributed by atoms with Gasteiger partial charge in [-0.1, -0.05) is 35.6 Å². The monoisotopic (exact) mass is 368 g/mol. The molecule has 0 aliphatic heterocycles. The Morgan fingerprint density at radius 2 is 1.77 bits per heavy atom. The van der Waals surface area contributed by atoms with Crippen molar-refractivity contribution in [3.63, 3.8) is 0 Å². The molecule has 0 bridgehead atoms. The van der Waals surface area contributed by atoms with Gasteiger partial charge in [0, 0.05) is 5.56 Å². The second kappa shape index (κ2) is 7.79. The number of para-hydroxylation sites is 1. The number of rotatable bonds is 5. The summed E-state index contributed by atoms with van der Waals surface area (Å²) in [6, 6.07) is 16.1. The van der Waals surface area contributed by atoms with Gasteiger partial charge in [-0.15, -0.1) is 0 Å². The molecule has 0 saturated carbocycles. The van der Waals surface area contributed by atoms with E-state index in [1.807, 2.05) is 30.3 Å². The van der Waals surface area contributed by atoms with Crippen LogP contribution < -0.4 is 10.1 Å². The third-order valence-electron chi connectivity index (χ3n) is 3.46. The summed E-state index contributed by atoms with van der Waals surface area (Å²) in [6.07, 6.45) is 0. The number of aryl methyl sites for hydroxylation is 1. The molecule has 1 aromatic heterocycles. The maximum Gasteiger partial charge on any atom is 0.350 e. The number of amides is 1. The third kappa shape index (κ3) is 4.07. The normalized spacial score (nSPS) is 10.2. The van der Waals surface area contributed by atoms with E-state index in [1.165, 1.54) is 7.11 Å². The zero-order valence-electron chi connectivity index (χ0n) is 14.2. The summed E-state index contributed by atoms with van der Waals surface area (Å²) >= 11 is 1.07. The minimum absolute atomic E-state index is 0.335. The molecule has 0 fully saturated rings. The molecule has 0 atom stereocenters. The number of carbonyl (C=O) groups is 2. The van der Waals surface area contributed by atoms with Crippen molar-refractivity contribution < 1.29 is 19.1 Å². The van der Waals surface area contributed by atoms with E-state index in [-0.39, 0.29) is 5.91 Å². The summed E-state index contributed by atoms with van der Waals surface area (Å²) in [5, 5.41) is 3.03. The molecule has 1 N–H and O–H groups in total. The Morgan fingerprint density at radius 3 is 2.50 bits per heavy atom. The number of thiazole rings is 1. The van der Waals surface area contributed by atoms with Gasteiger partial charge in [-0.25, -0.2) is 9.78 Å². The van der Waals surface area contributed by atoms with Crippen molar-refractivity contribution in [2.45, 2.75) is 6.92 Å². The van der Waals surface area contributed by atoms with Gasteiger partial charge in [0.2, 0.25) is 0 Å².